The van der Waals surface area contributed by atoms with Crippen LogP contribution in [0.3, 0.4) is 0 Å². The fourth-order valence-corrected chi connectivity index (χ4v) is 7.69. The summed E-state index contributed by atoms with van der Waals surface area (Å²) in [6, 6.07) is 34.1. The molecule has 5 amide bonds. The van der Waals surface area contributed by atoms with Crippen molar-refractivity contribution in [3.8, 4) is 23.0 Å². The number of hydrogen-bond donors (Lipinski definition) is 6. The number of carbonyl (C=O) groups is 7. The van der Waals surface area contributed by atoms with Gasteiger partial charge in [0.25, 0.3) is 17.7 Å². The van der Waals surface area contributed by atoms with Gasteiger partial charge in [0.1, 0.15) is 66.4 Å². The minimum atomic E-state index is -1.15. The number of hydrogen-bond acceptors (Lipinski definition) is 15. The first-order chi connectivity index (χ1) is 40.3. The van der Waals surface area contributed by atoms with E-state index in [1.54, 1.807) is 37.4 Å². The van der Waals surface area contributed by atoms with Crippen molar-refractivity contribution in [2.75, 3.05) is 91.2 Å². The molecule has 2 aliphatic rings. The molecule has 0 saturated heterocycles. The van der Waals surface area contributed by atoms with Crippen LogP contribution in [0.25, 0.3) is 0 Å². The zero-order chi connectivity index (χ0) is 60.9. The number of aliphatic hydroxyl groups excluding tert-OH is 1. The number of Topliss-reactive ketones (excluding diaryl/α,β-unsaturated/α-hetero) is 1. The van der Waals surface area contributed by atoms with Gasteiger partial charge >= 0.3 is 5.97 Å². The number of phenolic OH excluding ortho intramolecular Hbond substituents is 1. The molecule has 0 aromatic heterocycles. The molecular formula is C59H53ClF4N6O14. The number of nitrogens with one attached hydrogen (secondary N) is 3. The Hall–Kier alpha value is -10.0. The molecule has 0 radical (unpaired) electrons. The average molecular weight is 1180 g/mol. The Balaban J connectivity index is 0.000000206. The van der Waals surface area contributed by atoms with Crippen molar-refractivity contribution in [1.82, 2.24) is 0 Å². The summed E-state index contributed by atoms with van der Waals surface area (Å²) >= 11 is 5.25. The number of nitrogens with two attached hydrogens (primary N) is 1. The number of nitrogens with zero attached hydrogens (tertiary/aromatic N) is 2. The zero-order valence-electron chi connectivity index (χ0n) is 44.6. The summed E-state index contributed by atoms with van der Waals surface area (Å²) in [5, 5.41) is 25.4. The van der Waals surface area contributed by atoms with E-state index in [0.29, 0.717) is 58.8 Å². The number of ether oxygens (including phenoxy) is 5. The van der Waals surface area contributed by atoms with Crippen LogP contribution >= 0.6 is 11.6 Å². The topological polar surface area (TPSA) is 275 Å². The highest BCUT2D eigenvalue weighted by Crippen LogP contribution is 2.40. The summed E-state index contributed by atoms with van der Waals surface area (Å²) in [7, 11) is 2.82. The summed E-state index contributed by atoms with van der Waals surface area (Å²) in [6.45, 7) is -0.753. The average Bonchev–Trinajstić information content (AvgIpc) is 3.64. The van der Waals surface area contributed by atoms with Crippen LogP contribution < -0.4 is 45.7 Å². The number of fused-ring (bicyclic) bond motifs is 2. The van der Waals surface area contributed by atoms with E-state index in [9.17, 15) is 51.1 Å². The van der Waals surface area contributed by atoms with Crippen molar-refractivity contribution in [2.45, 2.75) is 6.04 Å². The molecule has 2 heterocycles. The SMILES string of the molecule is COCCOc1ccc(C(C(=O)Nc2ccc(F)cc2)N2C(=O)COc3ccc(C(=O)OC)cc32)cc1.Nc1ccc(F)c(O)c1.O=C(CCl)Nc1ccc(F)cc1.O=C(CN1C(=O)COc2ccc(C(=O)CO)cc21)Nc1ccc(F)cc1. The minimum absolute atomic E-state index is 0.0998. The monoisotopic (exact) mass is 1180 g/mol. The molecule has 7 aromatic carbocycles. The Labute approximate surface area is 482 Å². The van der Waals surface area contributed by atoms with Gasteiger partial charge in [-0.05, 0) is 139 Å². The molecule has 84 heavy (non-hydrogen) atoms. The summed E-state index contributed by atoms with van der Waals surface area (Å²) in [4.78, 5) is 88.3. The molecule has 25 heteroatoms. The number of halogens is 5. The Bertz CT molecular complexity index is 3460. The fourth-order valence-electron chi connectivity index (χ4n) is 7.62. The Morgan fingerprint density at radius 2 is 1.17 bits per heavy atom. The zero-order valence-corrected chi connectivity index (χ0v) is 45.4. The highest BCUT2D eigenvalue weighted by Gasteiger charge is 2.38. The highest BCUT2D eigenvalue weighted by atomic mass is 35.5. The standard InChI is InChI=1S/C27H25FN2O7.C18H15FN2O5.C8H7ClFNO.C6H6FNO/c1-34-13-14-36-21-10-3-17(4-11-21)25(26(32)29-20-8-6-19(28)7-9-20)30-22-15-18(27(33)35-2)5-12-23(22)37-16-24(30)31;19-12-2-4-13(5-3-12)20-17(24)8-21-14-7-11(15(23)9-22)1-6-16(14)26-10-18(21)25;9-5-8(12)11-7-3-1-6(10)2-4-7;7-5-2-1-4(8)3-6(5)9/h3-12,15,25H,13-14,16H2,1-2H3,(H,29,32);1-7,22H,8-10H2,(H,20,24);1-4H,5H2,(H,11,12);1-3,9H,8H2. The van der Waals surface area contributed by atoms with Crippen molar-refractivity contribution in [2.24, 2.45) is 0 Å². The first-order valence-electron chi connectivity index (χ1n) is 24.9. The number of anilines is 6. The van der Waals surface area contributed by atoms with Gasteiger partial charge in [0.15, 0.2) is 30.6 Å². The van der Waals surface area contributed by atoms with Crippen molar-refractivity contribution in [1.29, 1.82) is 0 Å². The van der Waals surface area contributed by atoms with Crippen LogP contribution in [0, 0.1) is 23.3 Å². The van der Waals surface area contributed by atoms with Gasteiger partial charge in [-0.3, -0.25) is 38.6 Å². The number of aromatic hydroxyl groups is 1. The van der Waals surface area contributed by atoms with E-state index in [0.717, 1.165) is 12.1 Å². The number of benzene rings is 7. The number of aliphatic hydroxyl groups is 1. The molecule has 7 N–H and O–H groups in total. The van der Waals surface area contributed by atoms with Gasteiger partial charge in [-0.1, -0.05) is 12.1 Å². The van der Waals surface area contributed by atoms with Crippen molar-refractivity contribution >= 4 is 87.0 Å². The lowest BCUT2D eigenvalue weighted by Gasteiger charge is -2.35. The largest absolute Gasteiger partial charge is 0.505 e. The highest BCUT2D eigenvalue weighted by molar-refractivity contribution is 6.29. The number of amides is 5. The third-order valence-corrected chi connectivity index (χ3v) is 11.9. The van der Waals surface area contributed by atoms with Gasteiger partial charge in [-0.25, -0.2) is 22.4 Å². The normalized spacial score (nSPS) is 12.2. The van der Waals surface area contributed by atoms with Crippen LogP contribution in [-0.2, 0) is 33.4 Å². The van der Waals surface area contributed by atoms with Crippen molar-refractivity contribution in [3.05, 3.63) is 192 Å². The van der Waals surface area contributed by atoms with Crippen LogP contribution in [0.4, 0.5) is 51.7 Å². The minimum Gasteiger partial charge on any atom is -0.505 e. The summed E-state index contributed by atoms with van der Waals surface area (Å²) < 4.78 is 77.2. The van der Waals surface area contributed by atoms with Crippen LogP contribution in [0.2, 0.25) is 0 Å². The van der Waals surface area contributed by atoms with E-state index in [-0.39, 0.29) is 59.9 Å². The van der Waals surface area contributed by atoms with Crippen LogP contribution in [0.15, 0.2) is 152 Å². The number of methoxy groups -OCH3 is 2. The number of nitrogen functional groups attached to an aromatic ring is 1. The lowest BCUT2D eigenvalue weighted by atomic mass is 10.0. The molecule has 0 saturated carbocycles. The molecule has 0 bridgehead atoms. The molecule has 0 spiro atoms. The van der Waals surface area contributed by atoms with E-state index >= 15 is 0 Å². The van der Waals surface area contributed by atoms with Crippen LogP contribution in [0.5, 0.6) is 23.0 Å². The predicted molar refractivity (Wildman–Crippen MR) is 301 cm³/mol. The second-order valence-electron chi connectivity index (χ2n) is 17.5. The summed E-state index contributed by atoms with van der Waals surface area (Å²) in [6.07, 6.45) is 0. The third kappa shape index (κ3) is 18.0. The Kier molecular flexibility index (Phi) is 23.1. The number of phenols is 1. The molecule has 20 nitrogen and oxygen atoms in total. The predicted octanol–water partition coefficient (Wildman–Crippen LogP) is 8.22. The number of carbonyl (C=O) groups excluding carboxylic acids is 7. The van der Waals surface area contributed by atoms with E-state index in [4.69, 9.17) is 51.2 Å². The number of rotatable bonds is 16. The third-order valence-electron chi connectivity index (χ3n) is 11.6. The maximum absolute atomic E-state index is 13.6. The lowest BCUT2D eigenvalue weighted by molar-refractivity contribution is -0.125. The van der Waals surface area contributed by atoms with Crippen LogP contribution in [-0.4, -0.2) is 111 Å². The number of alkyl halides is 1. The van der Waals surface area contributed by atoms with Crippen molar-refractivity contribution in [3.63, 3.8) is 0 Å². The first-order valence-corrected chi connectivity index (χ1v) is 25.4. The van der Waals surface area contributed by atoms with E-state index < -0.39 is 71.2 Å². The van der Waals surface area contributed by atoms with Gasteiger partial charge in [-0.2, -0.15) is 0 Å². The van der Waals surface area contributed by atoms with Gasteiger partial charge in [0.2, 0.25) is 11.8 Å². The van der Waals surface area contributed by atoms with Gasteiger partial charge in [-0.15, -0.1) is 11.6 Å². The quantitative estimate of drug-likeness (QED) is 0.0133. The van der Waals surface area contributed by atoms with Crippen LogP contribution in [0.1, 0.15) is 32.3 Å². The first kappa shape index (κ1) is 63.1. The van der Waals surface area contributed by atoms with E-state index in [2.05, 4.69) is 16.0 Å². The number of ketones is 1. The van der Waals surface area contributed by atoms with Gasteiger partial charge in [0.05, 0.1) is 30.7 Å². The summed E-state index contributed by atoms with van der Waals surface area (Å²) in [5.41, 5.74) is 8.21. The Morgan fingerprint density at radius 3 is 1.69 bits per heavy atom. The Morgan fingerprint density at radius 1 is 0.643 bits per heavy atom. The lowest BCUT2D eigenvalue weighted by Crippen LogP contribution is -2.46. The smallest absolute Gasteiger partial charge is 0.337 e. The van der Waals surface area contributed by atoms with Crippen molar-refractivity contribution < 1.29 is 85.0 Å². The molecule has 1 unspecified atom stereocenters. The fraction of sp³-hybridized carbons (Fsp3) is 0.169. The molecule has 0 fully saturated rings. The maximum Gasteiger partial charge on any atom is 0.337 e. The molecule has 2 aliphatic heterocycles. The molecule has 9 rings (SSSR count). The molecule has 7 aromatic rings. The molecule has 0 aliphatic carbocycles. The van der Waals surface area contributed by atoms with E-state index in [1.807, 2.05) is 0 Å². The van der Waals surface area contributed by atoms with Gasteiger partial charge in [0, 0.05) is 41.5 Å². The number of esters is 1. The van der Waals surface area contributed by atoms with Gasteiger partial charge < -0.3 is 55.6 Å². The molecule has 1 atom stereocenters. The second kappa shape index (κ2) is 30.7. The molecular weight excluding hydrogens is 1130 g/mol. The summed E-state index contributed by atoms with van der Waals surface area (Å²) in [5.74, 6) is -4.53. The molecule has 438 valence electrons. The second-order valence-corrected chi connectivity index (χ2v) is 17.8. The van der Waals surface area contributed by atoms with E-state index in [1.165, 1.54) is 126 Å². The maximum atomic E-state index is 13.6.